The maximum Gasteiger partial charge on any atom is 0.352 e. The van der Waals surface area contributed by atoms with Gasteiger partial charge in [0, 0.05) is 26.1 Å². The first-order valence-corrected chi connectivity index (χ1v) is 9.71. The Morgan fingerprint density at radius 2 is 1.64 bits per heavy atom. The van der Waals surface area contributed by atoms with E-state index >= 15 is 0 Å². The fourth-order valence-electron chi connectivity index (χ4n) is 3.20. The average molecular weight is 467 g/mol. The van der Waals surface area contributed by atoms with Crippen molar-refractivity contribution in [1.29, 1.82) is 0 Å². The van der Waals surface area contributed by atoms with E-state index in [9.17, 15) is 19.2 Å². The van der Waals surface area contributed by atoms with Crippen molar-refractivity contribution >= 4 is 39.8 Å². The van der Waals surface area contributed by atoms with Gasteiger partial charge in [-0.2, -0.15) is 0 Å². The SMILES string of the molecule is CC(=O)O[C@@H]1[C@@H]([C@H]2OC(C)(C)O[C@@H]2[C@@H](CBr)OC(C)=O)OC(=O)[C@H]1OC(C)=O. The fraction of sp³-hybridized carbons (Fsp3) is 0.765. The molecule has 0 spiro atoms. The van der Waals surface area contributed by atoms with Crippen molar-refractivity contribution in [2.24, 2.45) is 0 Å². The fourth-order valence-corrected chi connectivity index (χ4v) is 3.70. The molecule has 0 unspecified atom stereocenters. The van der Waals surface area contributed by atoms with E-state index in [1.54, 1.807) is 13.8 Å². The van der Waals surface area contributed by atoms with E-state index < -0.39 is 66.3 Å². The van der Waals surface area contributed by atoms with Gasteiger partial charge in [0.15, 0.2) is 18.0 Å². The number of carbonyl (C=O) groups excluding carboxylic acids is 4. The van der Waals surface area contributed by atoms with Crippen molar-refractivity contribution in [3.05, 3.63) is 0 Å². The minimum Gasteiger partial charge on any atom is -0.459 e. The van der Waals surface area contributed by atoms with Crippen LogP contribution in [-0.2, 0) is 47.6 Å². The molecule has 2 aliphatic rings. The van der Waals surface area contributed by atoms with Gasteiger partial charge < -0.3 is 28.4 Å². The molecule has 2 fully saturated rings. The van der Waals surface area contributed by atoms with Crippen LogP contribution >= 0.6 is 15.9 Å². The lowest BCUT2D eigenvalue weighted by atomic mass is 9.98. The third-order valence-electron chi connectivity index (χ3n) is 4.02. The molecule has 6 atom stereocenters. The first-order chi connectivity index (χ1) is 12.9. The van der Waals surface area contributed by atoms with Gasteiger partial charge in [-0.05, 0) is 13.8 Å². The lowest BCUT2D eigenvalue weighted by Crippen LogP contribution is -2.50. The molecule has 2 aliphatic heterocycles. The Balaban J connectivity index is 2.36. The Hall–Kier alpha value is -1.72. The highest BCUT2D eigenvalue weighted by Crippen LogP contribution is 2.38. The van der Waals surface area contributed by atoms with Crippen molar-refractivity contribution in [3.63, 3.8) is 0 Å². The molecule has 0 bridgehead atoms. The van der Waals surface area contributed by atoms with Crippen LogP contribution in [-0.4, -0.2) is 71.6 Å². The molecule has 28 heavy (non-hydrogen) atoms. The second-order valence-electron chi connectivity index (χ2n) is 6.87. The zero-order valence-electron chi connectivity index (χ0n) is 16.1. The number of rotatable bonds is 6. The normalized spacial score (nSPS) is 32.4. The molecule has 0 aromatic heterocycles. The topological polar surface area (TPSA) is 124 Å². The van der Waals surface area contributed by atoms with E-state index in [0.29, 0.717) is 0 Å². The van der Waals surface area contributed by atoms with Crippen LogP contribution in [0.1, 0.15) is 34.6 Å². The lowest BCUT2D eigenvalue weighted by Gasteiger charge is -2.29. The maximum atomic E-state index is 12.3. The Morgan fingerprint density at radius 1 is 1.04 bits per heavy atom. The summed E-state index contributed by atoms with van der Waals surface area (Å²) in [5.74, 6) is -3.94. The Morgan fingerprint density at radius 3 is 2.14 bits per heavy atom. The van der Waals surface area contributed by atoms with E-state index in [2.05, 4.69) is 15.9 Å². The van der Waals surface area contributed by atoms with Crippen LogP contribution < -0.4 is 0 Å². The van der Waals surface area contributed by atoms with Gasteiger partial charge in [0.05, 0.1) is 0 Å². The number of ether oxygens (including phenoxy) is 6. The van der Waals surface area contributed by atoms with E-state index in [0.717, 1.165) is 13.8 Å². The zero-order chi connectivity index (χ0) is 21.2. The van der Waals surface area contributed by atoms with E-state index in [-0.39, 0.29) is 5.33 Å². The predicted octanol–water partition coefficient (Wildman–Crippen LogP) is 0.622. The number of esters is 4. The van der Waals surface area contributed by atoms with Crippen molar-refractivity contribution in [3.8, 4) is 0 Å². The Kier molecular flexibility index (Phi) is 7.05. The van der Waals surface area contributed by atoms with Crippen LogP contribution in [0.5, 0.6) is 0 Å². The number of hydrogen-bond acceptors (Lipinski definition) is 10. The minimum atomic E-state index is -1.43. The molecule has 0 saturated carbocycles. The Bertz CT molecular complexity index is 648. The quantitative estimate of drug-likeness (QED) is 0.312. The summed E-state index contributed by atoms with van der Waals surface area (Å²) in [6.45, 7) is 6.80. The number of hydrogen-bond donors (Lipinski definition) is 0. The van der Waals surface area contributed by atoms with E-state index in [1.165, 1.54) is 6.92 Å². The second kappa shape index (κ2) is 8.75. The molecule has 2 saturated heterocycles. The molecule has 0 aromatic carbocycles. The summed E-state index contributed by atoms with van der Waals surface area (Å²) in [4.78, 5) is 46.6. The van der Waals surface area contributed by atoms with Crippen LogP contribution in [0.2, 0.25) is 0 Å². The number of alkyl halides is 1. The van der Waals surface area contributed by atoms with Gasteiger partial charge >= 0.3 is 23.9 Å². The lowest BCUT2D eigenvalue weighted by molar-refractivity contribution is -0.175. The van der Waals surface area contributed by atoms with Gasteiger partial charge in [0.2, 0.25) is 6.10 Å². The van der Waals surface area contributed by atoms with Gasteiger partial charge in [-0.15, -0.1) is 0 Å². The van der Waals surface area contributed by atoms with Crippen molar-refractivity contribution < 1.29 is 47.6 Å². The van der Waals surface area contributed by atoms with Gasteiger partial charge in [0.25, 0.3) is 0 Å². The number of cyclic esters (lactones) is 1. The molecule has 2 rings (SSSR count). The van der Waals surface area contributed by atoms with E-state index in [1.807, 2.05) is 0 Å². The minimum absolute atomic E-state index is 0.222. The summed E-state index contributed by atoms with van der Waals surface area (Å²) in [5.41, 5.74) is 0. The largest absolute Gasteiger partial charge is 0.459 e. The molecule has 10 nitrogen and oxygen atoms in total. The summed E-state index contributed by atoms with van der Waals surface area (Å²) in [5, 5.41) is 0.222. The van der Waals surface area contributed by atoms with Gasteiger partial charge in [-0.3, -0.25) is 14.4 Å². The van der Waals surface area contributed by atoms with E-state index in [4.69, 9.17) is 28.4 Å². The molecule has 0 aliphatic carbocycles. The summed E-state index contributed by atoms with van der Waals surface area (Å²) in [6.07, 6.45) is -6.38. The zero-order valence-corrected chi connectivity index (χ0v) is 17.7. The van der Waals surface area contributed by atoms with Crippen molar-refractivity contribution in [1.82, 2.24) is 0 Å². The highest BCUT2D eigenvalue weighted by molar-refractivity contribution is 9.09. The molecule has 0 amide bonds. The summed E-state index contributed by atoms with van der Waals surface area (Å²) < 4.78 is 32.6. The van der Waals surface area contributed by atoms with Gasteiger partial charge in [-0.1, -0.05) is 15.9 Å². The molecule has 0 N–H and O–H groups in total. The first-order valence-electron chi connectivity index (χ1n) is 8.59. The predicted molar refractivity (Wildman–Crippen MR) is 94.2 cm³/mol. The Labute approximate surface area is 170 Å². The van der Waals surface area contributed by atoms with Crippen molar-refractivity contribution in [2.45, 2.75) is 77.0 Å². The summed E-state index contributed by atoms with van der Waals surface area (Å²) in [7, 11) is 0. The van der Waals surface area contributed by atoms with Crippen LogP contribution in [0.3, 0.4) is 0 Å². The molecule has 11 heteroatoms. The standard InChI is InChI=1S/C17H23BrO10/c1-7(19)23-10(6-18)11-14(28-17(4,5)27-11)12-13(24-8(2)20)15(16(22)26-12)25-9(3)21/h10-15H,6H2,1-5H3/t10-,11-,12+,13-,14+,15+/m1/s1. The van der Waals surface area contributed by atoms with Crippen molar-refractivity contribution in [2.75, 3.05) is 5.33 Å². The monoisotopic (exact) mass is 466 g/mol. The number of halogens is 1. The summed E-state index contributed by atoms with van der Waals surface area (Å²) >= 11 is 3.26. The van der Waals surface area contributed by atoms with Crippen LogP contribution in [0.4, 0.5) is 0 Å². The summed E-state index contributed by atoms with van der Waals surface area (Å²) in [6, 6.07) is 0. The molecular formula is C17H23BrO10. The van der Waals surface area contributed by atoms with Gasteiger partial charge in [-0.25, -0.2) is 4.79 Å². The second-order valence-corrected chi connectivity index (χ2v) is 7.52. The molecule has 158 valence electrons. The maximum absolute atomic E-state index is 12.3. The third kappa shape index (κ3) is 5.21. The van der Waals surface area contributed by atoms with Gasteiger partial charge in [0.1, 0.15) is 18.3 Å². The average Bonchev–Trinajstić information content (AvgIpc) is 3.02. The van der Waals surface area contributed by atoms with Crippen LogP contribution in [0.15, 0.2) is 0 Å². The third-order valence-corrected chi connectivity index (χ3v) is 4.66. The highest BCUT2D eigenvalue weighted by atomic mass is 79.9. The molecular weight excluding hydrogens is 444 g/mol. The smallest absolute Gasteiger partial charge is 0.352 e. The number of carbonyl (C=O) groups is 4. The highest BCUT2D eigenvalue weighted by Gasteiger charge is 2.60. The van der Waals surface area contributed by atoms with Crippen LogP contribution in [0.25, 0.3) is 0 Å². The first kappa shape index (κ1) is 22.6. The van der Waals surface area contributed by atoms with Crippen LogP contribution in [0, 0.1) is 0 Å². The molecule has 0 aromatic rings. The molecule has 2 heterocycles. The molecule has 0 radical (unpaired) electrons.